The summed E-state index contributed by atoms with van der Waals surface area (Å²) in [5, 5.41) is 0. The normalized spacial score (nSPS) is 12.3. The van der Waals surface area contributed by atoms with Crippen molar-refractivity contribution in [2.24, 2.45) is 0 Å². The summed E-state index contributed by atoms with van der Waals surface area (Å²) >= 11 is 5.91. The molecular weight excluding hydrogens is 210 g/mol. The Labute approximate surface area is 97.1 Å². The summed E-state index contributed by atoms with van der Waals surface area (Å²) in [5.74, 6) is 0.661. The molecule has 0 unspecified atom stereocenters. The highest BCUT2D eigenvalue weighted by molar-refractivity contribution is 6.18. The minimum Gasteiger partial charge on any atom is -0.337 e. The topological polar surface area (TPSA) is 21.1 Å². The zero-order valence-electron chi connectivity index (χ0n) is 9.78. The van der Waals surface area contributed by atoms with Crippen LogP contribution in [0, 0.1) is 0 Å². The maximum Gasteiger partial charge on any atom is 0.0945 e. The van der Waals surface area contributed by atoms with E-state index in [0.717, 1.165) is 19.5 Å². The van der Waals surface area contributed by atoms with Gasteiger partial charge in [-0.25, -0.2) is 4.98 Å². The van der Waals surface area contributed by atoms with E-state index in [4.69, 9.17) is 11.6 Å². The van der Waals surface area contributed by atoms with Crippen LogP contribution in [-0.2, 0) is 6.54 Å². The van der Waals surface area contributed by atoms with Gasteiger partial charge in [0.15, 0.2) is 0 Å². The van der Waals surface area contributed by atoms with Crippen LogP contribution in [0.4, 0.5) is 0 Å². The van der Waals surface area contributed by atoms with Crippen molar-refractivity contribution in [2.45, 2.75) is 32.4 Å². The third-order valence-electron chi connectivity index (χ3n) is 2.83. The number of aromatic nitrogens is 2. The molecule has 0 bridgehead atoms. The predicted molar refractivity (Wildman–Crippen MR) is 64.3 cm³/mol. The van der Waals surface area contributed by atoms with Gasteiger partial charge in [-0.2, -0.15) is 0 Å². The van der Waals surface area contributed by atoms with Crippen LogP contribution in [0.15, 0.2) is 18.7 Å². The molecule has 86 valence electrons. The first-order valence-corrected chi connectivity index (χ1v) is 5.82. The summed E-state index contributed by atoms with van der Waals surface area (Å²) in [4.78, 5) is 6.32. The zero-order valence-corrected chi connectivity index (χ0v) is 10.5. The molecule has 1 aromatic heterocycles. The van der Waals surface area contributed by atoms with E-state index in [1.54, 1.807) is 0 Å². The number of alkyl halides is 1. The first-order valence-electron chi connectivity index (χ1n) is 5.29. The van der Waals surface area contributed by atoms with Crippen molar-refractivity contribution in [1.82, 2.24) is 14.5 Å². The molecule has 0 aromatic carbocycles. The summed E-state index contributed by atoms with van der Waals surface area (Å²) in [6.45, 7) is 6.40. The second kappa shape index (κ2) is 5.52. The van der Waals surface area contributed by atoms with Crippen molar-refractivity contribution in [3.05, 3.63) is 18.7 Å². The van der Waals surface area contributed by atoms with Gasteiger partial charge in [0.2, 0.25) is 0 Å². The summed E-state index contributed by atoms with van der Waals surface area (Å²) < 4.78 is 2.10. The van der Waals surface area contributed by atoms with E-state index in [9.17, 15) is 0 Å². The molecule has 0 saturated carbocycles. The standard InChI is InChI=1S/C11H20ClN3/c1-11(2,9-12)14(3)6-4-7-15-8-5-13-10-15/h5,8,10H,4,6-7,9H2,1-3H3. The van der Waals surface area contributed by atoms with E-state index in [0.29, 0.717) is 5.88 Å². The van der Waals surface area contributed by atoms with Crippen LogP contribution in [0.5, 0.6) is 0 Å². The molecule has 4 heteroatoms. The first-order chi connectivity index (χ1) is 7.06. The lowest BCUT2D eigenvalue weighted by atomic mass is 10.1. The van der Waals surface area contributed by atoms with E-state index in [1.807, 2.05) is 18.7 Å². The van der Waals surface area contributed by atoms with Gasteiger partial charge in [0.05, 0.1) is 6.33 Å². The fourth-order valence-corrected chi connectivity index (χ4v) is 1.52. The van der Waals surface area contributed by atoms with Crippen LogP contribution in [0.3, 0.4) is 0 Å². The Morgan fingerprint density at radius 3 is 2.73 bits per heavy atom. The average Bonchev–Trinajstić information content (AvgIpc) is 2.70. The second-order valence-electron chi connectivity index (χ2n) is 4.52. The Bertz CT molecular complexity index is 269. The van der Waals surface area contributed by atoms with Gasteiger partial charge >= 0.3 is 0 Å². The molecule has 0 aliphatic heterocycles. The lowest BCUT2D eigenvalue weighted by Crippen LogP contribution is -2.43. The molecule has 3 nitrogen and oxygen atoms in total. The van der Waals surface area contributed by atoms with Crippen LogP contribution in [0.2, 0.25) is 0 Å². The molecule has 0 saturated heterocycles. The monoisotopic (exact) mass is 229 g/mol. The number of aryl methyl sites for hydroxylation is 1. The Morgan fingerprint density at radius 1 is 1.47 bits per heavy atom. The zero-order chi connectivity index (χ0) is 11.3. The molecule has 15 heavy (non-hydrogen) atoms. The number of halogens is 1. The first kappa shape index (κ1) is 12.5. The lowest BCUT2D eigenvalue weighted by molar-refractivity contribution is 0.174. The SMILES string of the molecule is CN(CCCn1ccnc1)C(C)(C)CCl. The highest BCUT2D eigenvalue weighted by Crippen LogP contribution is 2.14. The Kier molecular flexibility index (Phi) is 4.61. The summed E-state index contributed by atoms with van der Waals surface area (Å²) in [6.07, 6.45) is 6.78. The average molecular weight is 230 g/mol. The van der Waals surface area contributed by atoms with Gasteiger partial charge in [0, 0.05) is 36.9 Å². The fraction of sp³-hybridized carbons (Fsp3) is 0.727. The van der Waals surface area contributed by atoms with E-state index < -0.39 is 0 Å². The quantitative estimate of drug-likeness (QED) is 0.698. The minimum absolute atomic E-state index is 0.0799. The maximum atomic E-state index is 5.91. The summed E-state index contributed by atoms with van der Waals surface area (Å²) in [7, 11) is 2.12. The van der Waals surface area contributed by atoms with E-state index in [2.05, 4.69) is 35.3 Å². The van der Waals surface area contributed by atoms with Gasteiger partial charge in [-0.05, 0) is 27.3 Å². The van der Waals surface area contributed by atoms with Crippen LogP contribution in [-0.4, -0.2) is 39.5 Å². The Morgan fingerprint density at radius 2 is 2.20 bits per heavy atom. The smallest absolute Gasteiger partial charge is 0.0945 e. The second-order valence-corrected chi connectivity index (χ2v) is 4.79. The molecule has 0 spiro atoms. The highest BCUT2D eigenvalue weighted by atomic mass is 35.5. The van der Waals surface area contributed by atoms with Crippen LogP contribution >= 0.6 is 11.6 Å². The fourth-order valence-electron chi connectivity index (χ4n) is 1.31. The number of rotatable bonds is 6. The van der Waals surface area contributed by atoms with E-state index in [1.165, 1.54) is 0 Å². The third kappa shape index (κ3) is 3.84. The van der Waals surface area contributed by atoms with E-state index in [-0.39, 0.29) is 5.54 Å². The van der Waals surface area contributed by atoms with Crippen LogP contribution in [0.25, 0.3) is 0 Å². The van der Waals surface area contributed by atoms with Crippen molar-refractivity contribution >= 4 is 11.6 Å². The minimum atomic E-state index is 0.0799. The van der Waals surface area contributed by atoms with Gasteiger partial charge in [0.25, 0.3) is 0 Å². The molecular formula is C11H20ClN3. The van der Waals surface area contributed by atoms with Crippen molar-refractivity contribution in [2.75, 3.05) is 19.5 Å². The van der Waals surface area contributed by atoms with Crippen molar-refractivity contribution in [1.29, 1.82) is 0 Å². The molecule has 0 aliphatic carbocycles. The molecule has 0 radical (unpaired) electrons. The Hall–Kier alpha value is -0.540. The van der Waals surface area contributed by atoms with Crippen molar-refractivity contribution < 1.29 is 0 Å². The van der Waals surface area contributed by atoms with Crippen LogP contribution < -0.4 is 0 Å². The molecule has 1 aromatic rings. The largest absolute Gasteiger partial charge is 0.337 e. The molecule has 0 aliphatic rings. The molecule has 1 heterocycles. The van der Waals surface area contributed by atoms with Gasteiger partial charge in [0.1, 0.15) is 0 Å². The molecule has 0 N–H and O–H groups in total. The number of hydrogen-bond donors (Lipinski definition) is 0. The molecule has 0 atom stereocenters. The van der Waals surface area contributed by atoms with Gasteiger partial charge in [-0.15, -0.1) is 11.6 Å². The van der Waals surface area contributed by atoms with Gasteiger partial charge < -0.3 is 4.57 Å². The molecule has 1 rings (SSSR count). The lowest BCUT2D eigenvalue weighted by Gasteiger charge is -2.33. The maximum absolute atomic E-state index is 5.91. The summed E-state index contributed by atoms with van der Waals surface area (Å²) in [6, 6.07) is 0. The highest BCUT2D eigenvalue weighted by Gasteiger charge is 2.21. The van der Waals surface area contributed by atoms with E-state index >= 15 is 0 Å². The van der Waals surface area contributed by atoms with Crippen molar-refractivity contribution in [3.63, 3.8) is 0 Å². The van der Waals surface area contributed by atoms with Crippen molar-refractivity contribution in [3.8, 4) is 0 Å². The molecule has 0 amide bonds. The van der Waals surface area contributed by atoms with Crippen LogP contribution in [0.1, 0.15) is 20.3 Å². The number of hydrogen-bond acceptors (Lipinski definition) is 2. The number of nitrogens with zero attached hydrogens (tertiary/aromatic N) is 3. The van der Waals surface area contributed by atoms with Gasteiger partial charge in [-0.3, -0.25) is 4.90 Å². The molecule has 0 fully saturated rings. The Balaban J connectivity index is 2.26. The van der Waals surface area contributed by atoms with Gasteiger partial charge in [-0.1, -0.05) is 0 Å². The predicted octanol–water partition coefficient (Wildman–Crippen LogP) is 2.22. The number of imidazole rings is 1. The summed E-state index contributed by atoms with van der Waals surface area (Å²) in [5.41, 5.74) is 0.0799. The third-order valence-corrected chi connectivity index (χ3v) is 3.48.